The second kappa shape index (κ2) is 5.71. The van der Waals surface area contributed by atoms with E-state index in [1.54, 1.807) is 12.1 Å². The van der Waals surface area contributed by atoms with Crippen molar-refractivity contribution < 1.29 is 19.4 Å². The standard InChI is InChI=1S/C18H15Cl2NO4/c1-7-3-4-8(2)15-12(7)14-13-10(20)5-9(19)6-11(13)21-17(16(14)24-15)25-18(22)23/h3-6,14,16-17,21H,1-2H3,(H,22,23). The van der Waals surface area contributed by atoms with Crippen LogP contribution in [0, 0.1) is 13.8 Å². The summed E-state index contributed by atoms with van der Waals surface area (Å²) >= 11 is 12.6. The molecule has 4 rings (SSSR count). The molecule has 0 saturated carbocycles. The molecule has 7 heteroatoms. The van der Waals surface area contributed by atoms with Gasteiger partial charge in [-0.1, -0.05) is 35.3 Å². The number of benzene rings is 2. The number of nitrogens with one attached hydrogen (secondary N) is 1. The third kappa shape index (κ3) is 2.50. The SMILES string of the molecule is Cc1ccc(C)c2c1OC1C(OC(=O)O)Nc3cc(Cl)cc(Cl)c3C21. The molecule has 0 fully saturated rings. The first kappa shape index (κ1) is 16.4. The van der Waals surface area contributed by atoms with Gasteiger partial charge in [-0.2, -0.15) is 0 Å². The van der Waals surface area contributed by atoms with Crippen LogP contribution in [-0.2, 0) is 4.74 Å². The Kier molecular flexibility index (Phi) is 3.74. The highest BCUT2D eigenvalue weighted by Gasteiger charge is 2.49. The first-order valence-electron chi connectivity index (χ1n) is 7.78. The van der Waals surface area contributed by atoms with Gasteiger partial charge in [-0.15, -0.1) is 0 Å². The number of aryl methyl sites for hydroxylation is 2. The minimum Gasteiger partial charge on any atom is -0.483 e. The Morgan fingerprint density at radius 1 is 1.20 bits per heavy atom. The largest absolute Gasteiger partial charge is 0.507 e. The molecule has 25 heavy (non-hydrogen) atoms. The Hall–Kier alpha value is -2.11. The molecule has 0 saturated heterocycles. The van der Waals surface area contributed by atoms with E-state index in [9.17, 15) is 4.79 Å². The van der Waals surface area contributed by atoms with Crippen LogP contribution in [0.1, 0.15) is 28.2 Å². The van der Waals surface area contributed by atoms with Crippen molar-refractivity contribution in [3.8, 4) is 5.75 Å². The molecule has 2 N–H and O–H groups in total. The van der Waals surface area contributed by atoms with E-state index in [0.717, 1.165) is 28.0 Å². The number of fused-ring (bicyclic) bond motifs is 5. The summed E-state index contributed by atoms with van der Waals surface area (Å²) in [5, 5.41) is 13.1. The second-order valence-corrected chi connectivity index (χ2v) is 7.14. The molecule has 0 bridgehead atoms. The molecule has 2 aliphatic rings. The fourth-order valence-corrected chi connectivity index (χ4v) is 4.34. The number of hydrogen-bond acceptors (Lipinski definition) is 4. The normalized spacial score (nSPS) is 23.0. The van der Waals surface area contributed by atoms with Gasteiger partial charge in [-0.25, -0.2) is 4.79 Å². The number of carbonyl (C=O) groups is 1. The first-order chi connectivity index (χ1) is 11.9. The molecule has 3 unspecified atom stereocenters. The Bertz CT molecular complexity index is 899. The Morgan fingerprint density at radius 3 is 2.64 bits per heavy atom. The molecule has 0 spiro atoms. The van der Waals surface area contributed by atoms with Crippen molar-refractivity contribution in [1.29, 1.82) is 0 Å². The van der Waals surface area contributed by atoms with Crippen LogP contribution in [0.15, 0.2) is 24.3 Å². The average molecular weight is 380 g/mol. The molecule has 2 aromatic carbocycles. The second-order valence-electron chi connectivity index (χ2n) is 6.30. The van der Waals surface area contributed by atoms with E-state index in [1.165, 1.54) is 0 Å². The van der Waals surface area contributed by atoms with Crippen LogP contribution in [0.3, 0.4) is 0 Å². The van der Waals surface area contributed by atoms with E-state index in [1.807, 2.05) is 26.0 Å². The summed E-state index contributed by atoms with van der Waals surface area (Å²) in [5.74, 6) is 0.523. The van der Waals surface area contributed by atoms with Gasteiger partial charge in [-0.3, -0.25) is 0 Å². The van der Waals surface area contributed by atoms with E-state index >= 15 is 0 Å². The maximum atomic E-state index is 11.1. The number of carboxylic acid groups (broad SMARTS) is 1. The molecule has 2 heterocycles. The third-order valence-corrected chi connectivity index (χ3v) is 5.26. The molecular formula is C18H15Cl2NO4. The van der Waals surface area contributed by atoms with Gasteiger partial charge >= 0.3 is 6.16 Å². The quantitative estimate of drug-likeness (QED) is 0.686. The summed E-state index contributed by atoms with van der Waals surface area (Å²) in [6.45, 7) is 3.96. The highest BCUT2D eigenvalue weighted by atomic mass is 35.5. The number of halogens is 2. The van der Waals surface area contributed by atoms with Gasteiger partial charge in [0, 0.05) is 26.9 Å². The summed E-state index contributed by atoms with van der Waals surface area (Å²) in [5.41, 5.74) is 4.55. The van der Waals surface area contributed by atoms with Gasteiger partial charge < -0.3 is 19.9 Å². The molecule has 0 amide bonds. The molecule has 0 aromatic heterocycles. The van der Waals surface area contributed by atoms with Gasteiger partial charge in [-0.05, 0) is 37.1 Å². The predicted molar refractivity (Wildman–Crippen MR) is 95.2 cm³/mol. The topological polar surface area (TPSA) is 67.8 Å². The number of hydrogen-bond donors (Lipinski definition) is 2. The molecular weight excluding hydrogens is 365 g/mol. The first-order valence-corrected chi connectivity index (χ1v) is 8.54. The lowest BCUT2D eigenvalue weighted by Crippen LogP contribution is -2.46. The highest BCUT2D eigenvalue weighted by molar-refractivity contribution is 6.35. The summed E-state index contributed by atoms with van der Waals surface area (Å²) in [6.07, 6.45) is -2.78. The molecule has 130 valence electrons. The highest BCUT2D eigenvalue weighted by Crippen LogP contribution is 2.53. The van der Waals surface area contributed by atoms with Crippen molar-refractivity contribution in [2.75, 3.05) is 5.32 Å². The molecule has 5 nitrogen and oxygen atoms in total. The predicted octanol–water partition coefficient (Wildman–Crippen LogP) is 4.95. The van der Waals surface area contributed by atoms with Crippen LogP contribution >= 0.6 is 23.2 Å². The van der Waals surface area contributed by atoms with Crippen molar-refractivity contribution in [2.45, 2.75) is 32.1 Å². The van der Waals surface area contributed by atoms with E-state index < -0.39 is 18.5 Å². The van der Waals surface area contributed by atoms with Crippen molar-refractivity contribution in [1.82, 2.24) is 0 Å². The maximum Gasteiger partial charge on any atom is 0.507 e. The minimum atomic E-state index is -1.37. The lowest BCUT2D eigenvalue weighted by atomic mass is 9.81. The average Bonchev–Trinajstić information content (AvgIpc) is 2.91. The van der Waals surface area contributed by atoms with Crippen molar-refractivity contribution in [3.63, 3.8) is 0 Å². The van der Waals surface area contributed by atoms with Crippen LogP contribution in [-0.4, -0.2) is 23.6 Å². The zero-order valence-corrected chi connectivity index (χ0v) is 15.0. The van der Waals surface area contributed by atoms with Crippen LogP contribution in [0.4, 0.5) is 10.5 Å². The van der Waals surface area contributed by atoms with E-state index in [2.05, 4.69) is 5.32 Å². The molecule has 3 atom stereocenters. The Morgan fingerprint density at radius 2 is 1.92 bits per heavy atom. The van der Waals surface area contributed by atoms with Crippen LogP contribution < -0.4 is 10.1 Å². The fourth-order valence-electron chi connectivity index (χ4n) is 3.72. The maximum absolute atomic E-state index is 11.1. The summed E-state index contributed by atoms with van der Waals surface area (Å²) in [4.78, 5) is 11.1. The van der Waals surface area contributed by atoms with Crippen LogP contribution in [0.5, 0.6) is 5.75 Å². The minimum absolute atomic E-state index is 0.236. The molecule has 0 aliphatic carbocycles. The molecule has 0 radical (unpaired) electrons. The van der Waals surface area contributed by atoms with Crippen LogP contribution in [0.25, 0.3) is 0 Å². The van der Waals surface area contributed by atoms with Gasteiger partial charge in [0.2, 0.25) is 6.23 Å². The summed E-state index contributed by atoms with van der Waals surface area (Å²) < 4.78 is 11.2. The Labute approximate surface area is 154 Å². The molecule has 2 aromatic rings. The monoisotopic (exact) mass is 379 g/mol. The van der Waals surface area contributed by atoms with Gasteiger partial charge in [0.1, 0.15) is 5.75 Å². The number of rotatable bonds is 1. The zero-order chi connectivity index (χ0) is 17.9. The van der Waals surface area contributed by atoms with Gasteiger partial charge in [0.15, 0.2) is 6.10 Å². The van der Waals surface area contributed by atoms with E-state index in [-0.39, 0.29) is 5.92 Å². The number of ether oxygens (including phenoxy) is 2. The van der Waals surface area contributed by atoms with Gasteiger partial charge in [0.25, 0.3) is 0 Å². The smallest absolute Gasteiger partial charge is 0.483 e. The summed E-state index contributed by atoms with van der Waals surface area (Å²) in [6, 6.07) is 7.41. The Balaban J connectivity index is 1.95. The number of anilines is 1. The van der Waals surface area contributed by atoms with Crippen molar-refractivity contribution in [3.05, 3.63) is 56.6 Å². The lowest BCUT2D eigenvalue weighted by molar-refractivity contribution is 0.00559. The van der Waals surface area contributed by atoms with Gasteiger partial charge in [0.05, 0.1) is 5.92 Å². The van der Waals surface area contributed by atoms with E-state index in [0.29, 0.717) is 15.7 Å². The van der Waals surface area contributed by atoms with Crippen LogP contribution in [0.2, 0.25) is 10.0 Å². The van der Waals surface area contributed by atoms with Crippen molar-refractivity contribution in [2.24, 2.45) is 0 Å². The van der Waals surface area contributed by atoms with E-state index in [4.69, 9.17) is 37.8 Å². The zero-order valence-electron chi connectivity index (χ0n) is 13.5. The third-order valence-electron chi connectivity index (χ3n) is 4.73. The fraction of sp³-hybridized carbons (Fsp3) is 0.278. The summed E-state index contributed by atoms with van der Waals surface area (Å²) in [7, 11) is 0. The lowest BCUT2D eigenvalue weighted by Gasteiger charge is -2.35. The van der Waals surface area contributed by atoms with Crippen molar-refractivity contribution >= 4 is 35.0 Å². The molecule has 2 aliphatic heterocycles.